The summed E-state index contributed by atoms with van der Waals surface area (Å²) >= 11 is 0. The highest BCUT2D eigenvalue weighted by atomic mass is 16.5. The third-order valence-electron chi connectivity index (χ3n) is 13.7. The Morgan fingerprint density at radius 1 is 0.784 bits per heavy atom. The monoisotopic (exact) mass is 694 g/mol. The molecule has 8 atom stereocenters. The highest BCUT2D eigenvalue weighted by molar-refractivity contribution is 5.73. The molecule has 0 amide bonds. The molecule has 0 N–H and O–H groups in total. The van der Waals surface area contributed by atoms with Gasteiger partial charge < -0.3 is 9.47 Å². The van der Waals surface area contributed by atoms with Gasteiger partial charge in [0.05, 0.1) is 11.4 Å². The fourth-order valence-electron chi connectivity index (χ4n) is 10.9. The second-order valence-electron chi connectivity index (χ2n) is 17.4. The molecular weight excluding hydrogens is 633 g/mol. The summed E-state index contributed by atoms with van der Waals surface area (Å²) in [6.45, 7) is 12.5. The molecule has 0 aliphatic heterocycles. The van der Waals surface area contributed by atoms with E-state index in [0.29, 0.717) is 36.1 Å². The van der Waals surface area contributed by atoms with Crippen molar-refractivity contribution >= 4 is 23.3 Å². The van der Waals surface area contributed by atoms with Crippen molar-refractivity contribution in [1.82, 2.24) is 0 Å². The number of ether oxygens (including phenoxy) is 2. The number of unbranched alkanes of at least 4 members (excludes halogenated alkanes) is 1. The van der Waals surface area contributed by atoms with Gasteiger partial charge in [-0.2, -0.15) is 10.2 Å². The SMILES string of the molecule is CC(C)CCC[C@@H](C)[C@H]1CC[C@H]2[C@@H]3CC=C4C[C@@H](OC(=O)CCCCC(=O)Oc5ccc(N=Nc6ccccc6)cc5)CC[C@]4(C)[C@H]3CC[C@]12C. The molecule has 4 aliphatic carbocycles. The van der Waals surface area contributed by atoms with Gasteiger partial charge in [0.15, 0.2) is 0 Å². The number of rotatable bonds is 14. The lowest BCUT2D eigenvalue weighted by atomic mass is 9.47. The summed E-state index contributed by atoms with van der Waals surface area (Å²) in [5.74, 6) is 5.01. The van der Waals surface area contributed by atoms with Crippen LogP contribution in [0.5, 0.6) is 5.75 Å². The predicted molar refractivity (Wildman–Crippen MR) is 204 cm³/mol. The maximum atomic E-state index is 12.9. The number of carbonyl (C=O) groups is 2. The summed E-state index contributed by atoms with van der Waals surface area (Å²) in [7, 11) is 0. The van der Waals surface area contributed by atoms with Crippen LogP contribution in [-0.4, -0.2) is 18.0 Å². The first-order valence-electron chi connectivity index (χ1n) is 20.2. The summed E-state index contributed by atoms with van der Waals surface area (Å²) in [5.41, 5.74) is 3.77. The van der Waals surface area contributed by atoms with E-state index in [2.05, 4.69) is 50.9 Å². The van der Waals surface area contributed by atoms with E-state index in [9.17, 15) is 9.59 Å². The van der Waals surface area contributed by atoms with Crippen molar-refractivity contribution in [3.8, 4) is 5.75 Å². The van der Waals surface area contributed by atoms with Gasteiger partial charge in [0.2, 0.25) is 0 Å². The third-order valence-corrected chi connectivity index (χ3v) is 13.7. The zero-order chi connectivity index (χ0) is 36.0. The van der Waals surface area contributed by atoms with Crippen LogP contribution < -0.4 is 4.74 Å². The molecule has 3 fully saturated rings. The van der Waals surface area contributed by atoms with Crippen LogP contribution in [0.1, 0.15) is 131 Å². The first kappa shape index (κ1) is 37.5. The molecule has 4 aliphatic rings. The second-order valence-corrected chi connectivity index (χ2v) is 17.4. The molecule has 6 heteroatoms. The Morgan fingerprint density at radius 2 is 1.49 bits per heavy atom. The van der Waals surface area contributed by atoms with Crippen LogP contribution in [0.25, 0.3) is 0 Å². The van der Waals surface area contributed by atoms with Crippen molar-refractivity contribution in [3.05, 3.63) is 66.2 Å². The van der Waals surface area contributed by atoms with Crippen LogP contribution in [0, 0.1) is 46.3 Å². The minimum Gasteiger partial charge on any atom is -0.462 e. The van der Waals surface area contributed by atoms with Crippen molar-refractivity contribution in [2.75, 3.05) is 0 Å². The van der Waals surface area contributed by atoms with E-state index in [-0.39, 0.29) is 29.9 Å². The normalized spacial score (nSPS) is 30.6. The number of allylic oxidation sites excluding steroid dienone is 1. The molecule has 51 heavy (non-hydrogen) atoms. The van der Waals surface area contributed by atoms with Crippen molar-refractivity contribution in [1.29, 1.82) is 0 Å². The van der Waals surface area contributed by atoms with Crippen LogP contribution in [0.4, 0.5) is 11.4 Å². The van der Waals surface area contributed by atoms with Crippen LogP contribution in [0.15, 0.2) is 76.5 Å². The van der Waals surface area contributed by atoms with Crippen molar-refractivity contribution < 1.29 is 19.1 Å². The third kappa shape index (κ3) is 8.86. The summed E-state index contributed by atoms with van der Waals surface area (Å²) in [6, 6.07) is 16.5. The molecular formula is C45H62N2O4. The minimum absolute atomic E-state index is 0.0232. The van der Waals surface area contributed by atoms with Gasteiger partial charge in [-0.1, -0.05) is 83.7 Å². The number of hydrogen-bond acceptors (Lipinski definition) is 6. The molecule has 0 unspecified atom stereocenters. The Balaban J connectivity index is 0.917. The number of benzene rings is 2. The van der Waals surface area contributed by atoms with E-state index in [1.807, 2.05) is 30.3 Å². The lowest BCUT2D eigenvalue weighted by molar-refractivity contribution is -0.152. The smallest absolute Gasteiger partial charge is 0.311 e. The van der Waals surface area contributed by atoms with Gasteiger partial charge in [0, 0.05) is 19.3 Å². The van der Waals surface area contributed by atoms with E-state index in [0.717, 1.165) is 60.5 Å². The molecule has 276 valence electrons. The van der Waals surface area contributed by atoms with Gasteiger partial charge in [-0.3, -0.25) is 9.59 Å². The molecule has 0 radical (unpaired) electrons. The van der Waals surface area contributed by atoms with Gasteiger partial charge in [-0.15, -0.1) is 0 Å². The highest BCUT2D eigenvalue weighted by Crippen LogP contribution is 2.67. The molecule has 0 bridgehead atoms. The number of nitrogens with zero attached hydrogens (tertiary/aromatic N) is 2. The van der Waals surface area contributed by atoms with E-state index in [4.69, 9.17) is 9.47 Å². The molecule has 0 spiro atoms. The van der Waals surface area contributed by atoms with Gasteiger partial charge in [-0.25, -0.2) is 0 Å². The second kappa shape index (κ2) is 16.6. The van der Waals surface area contributed by atoms with E-state index >= 15 is 0 Å². The molecule has 6 nitrogen and oxygen atoms in total. The zero-order valence-corrected chi connectivity index (χ0v) is 31.9. The van der Waals surface area contributed by atoms with Crippen LogP contribution in [-0.2, 0) is 14.3 Å². The van der Waals surface area contributed by atoms with Crippen molar-refractivity contribution in [3.63, 3.8) is 0 Å². The number of carbonyl (C=O) groups excluding carboxylic acids is 2. The fourth-order valence-corrected chi connectivity index (χ4v) is 10.9. The fraction of sp³-hybridized carbons (Fsp3) is 0.644. The van der Waals surface area contributed by atoms with Crippen molar-refractivity contribution in [2.24, 2.45) is 56.6 Å². The molecule has 2 aromatic carbocycles. The molecule has 2 aromatic rings. The number of esters is 2. The minimum atomic E-state index is -0.302. The van der Waals surface area contributed by atoms with Crippen LogP contribution >= 0.6 is 0 Å². The average molecular weight is 695 g/mol. The standard InChI is InChI=1S/C45H62N2O4/c1-31(2)12-11-13-32(3)39-24-25-40-38-23-18-33-30-37(26-28-44(33,4)41(38)27-29-45(39,40)5)51-43(49)17-10-9-16-42(48)50-36-21-19-35(20-22-36)47-46-34-14-7-6-8-15-34/h6-8,14-15,18-22,31-32,37-41H,9-13,16-17,23-30H2,1-5H3/t32-,37+,38+,39-,40+,41+,44+,45-/m1/s1. The molecule has 0 heterocycles. The number of fused-ring (bicyclic) bond motifs is 5. The number of hydrogen-bond donors (Lipinski definition) is 0. The molecule has 6 rings (SSSR count). The van der Waals surface area contributed by atoms with Crippen LogP contribution in [0.2, 0.25) is 0 Å². The van der Waals surface area contributed by atoms with Gasteiger partial charge in [0.1, 0.15) is 11.9 Å². The largest absolute Gasteiger partial charge is 0.462 e. The van der Waals surface area contributed by atoms with E-state index < -0.39 is 0 Å². The first-order valence-corrected chi connectivity index (χ1v) is 20.2. The number of azo groups is 1. The lowest BCUT2D eigenvalue weighted by Gasteiger charge is -2.58. The average Bonchev–Trinajstić information content (AvgIpc) is 3.47. The quantitative estimate of drug-likeness (QED) is 0.0648. The molecule has 0 aromatic heterocycles. The molecule has 3 saturated carbocycles. The van der Waals surface area contributed by atoms with Gasteiger partial charge in [0.25, 0.3) is 0 Å². The van der Waals surface area contributed by atoms with Gasteiger partial charge in [-0.05, 0) is 141 Å². The van der Waals surface area contributed by atoms with Crippen molar-refractivity contribution in [2.45, 2.75) is 137 Å². The summed E-state index contributed by atoms with van der Waals surface area (Å²) in [5, 5.41) is 8.43. The van der Waals surface area contributed by atoms with E-state index in [1.54, 1.807) is 29.8 Å². The topological polar surface area (TPSA) is 77.3 Å². The maximum Gasteiger partial charge on any atom is 0.311 e. The lowest BCUT2D eigenvalue weighted by Crippen LogP contribution is -2.51. The highest BCUT2D eigenvalue weighted by Gasteiger charge is 2.59. The zero-order valence-electron chi connectivity index (χ0n) is 31.9. The van der Waals surface area contributed by atoms with Gasteiger partial charge >= 0.3 is 11.9 Å². The summed E-state index contributed by atoms with van der Waals surface area (Å²) in [6.07, 6.45) is 18.3. The summed E-state index contributed by atoms with van der Waals surface area (Å²) in [4.78, 5) is 25.3. The first-order chi connectivity index (χ1) is 24.5. The Morgan fingerprint density at radius 3 is 2.22 bits per heavy atom. The maximum absolute atomic E-state index is 12.9. The van der Waals surface area contributed by atoms with Crippen LogP contribution in [0.3, 0.4) is 0 Å². The predicted octanol–water partition coefficient (Wildman–Crippen LogP) is 12.5. The Kier molecular flexibility index (Phi) is 12.2. The van der Waals surface area contributed by atoms with E-state index in [1.165, 1.54) is 51.4 Å². The Labute approximate surface area is 307 Å². The Bertz CT molecular complexity index is 1530. The Hall–Kier alpha value is -3.28. The molecule has 0 saturated heterocycles. The summed E-state index contributed by atoms with van der Waals surface area (Å²) < 4.78 is 11.5.